The van der Waals surface area contributed by atoms with Gasteiger partial charge in [-0.1, -0.05) is 20.3 Å². The summed E-state index contributed by atoms with van der Waals surface area (Å²) in [5.41, 5.74) is 0. The molecule has 3 saturated heterocycles. The summed E-state index contributed by atoms with van der Waals surface area (Å²) in [4.78, 5) is 5.59. The molecule has 3 rings (SSSR count). The molecule has 0 N–H and O–H groups in total. The van der Waals surface area contributed by atoms with Crippen molar-refractivity contribution in [1.29, 1.82) is 0 Å². The van der Waals surface area contributed by atoms with E-state index in [1.54, 1.807) is 0 Å². The number of piperidine rings is 3. The zero-order chi connectivity index (χ0) is 11.8. The molecule has 2 bridgehead atoms. The lowest BCUT2D eigenvalue weighted by atomic mass is 9.76. The molecule has 3 heterocycles. The van der Waals surface area contributed by atoms with Gasteiger partial charge < -0.3 is 4.90 Å². The minimum absolute atomic E-state index is 0.830. The van der Waals surface area contributed by atoms with Gasteiger partial charge in [0.25, 0.3) is 0 Å². The first-order valence-electron chi connectivity index (χ1n) is 7.69. The van der Waals surface area contributed by atoms with E-state index in [-0.39, 0.29) is 0 Å². The Labute approximate surface area is 106 Å². The second-order valence-corrected chi connectivity index (χ2v) is 7.03. The van der Waals surface area contributed by atoms with Crippen LogP contribution in [0.1, 0.15) is 39.5 Å². The van der Waals surface area contributed by atoms with Crippen molar-refractivity contribution in [1.82, 2.24) is 9.80 Å². The highest BCUT2D eigenvalue weighted by molar-refractivity contribution is 4.95. The maximum atomic E-state index is 2.83. The van der Waals surface area contributed by atoms with Crippen molar-refractivity contribution < 1.29 is 0 Å². The molecular formula is C15H28N2. The summed E-state index contributed by atoms with van der Waals surface area (Å²) in [5, 5.41) is 0. The van der Waals surface area contributed by atoms with Crippen LogP contribution in [0.15, 0.2) is 0 Å². The monoisotopic (exact) mass is 236 g/mol. The molecule has 0 amide bonds. The molecule has 2 nitrogen and oxygen atoms in total. The maximum Gasteiger partial charge on any atom is 0.0136 e. The van der Waals surface area contributed by atoms with Crippen LogP contribution in [-0.2, 0) is 0 Å². The van der Waals surface area contributed by atoms with Crippen LogP contribution in [0.25, 0.3) is 0 Å². The Morgan fingerprint density at radius 1 is 1.12 bits per heavy atom. The third kappa shape index (κ3) is 2.53. The summed E-state index contributed by atoms with van der Waals surface area (Å²) in [5.74, 6) is 2.79. The lowest BCUT2D eigenvalue weighted by Crippen LogP contribution is -2.59. The van der Waals surface area contributed by atoms with Crippen LogP contribution in [0.2, 0.25) is 0 Å². The van der Waals surface area contributed by atoms with Crippen LogP contribution < -0.4 is 0 Å². The molecule has 0 aromatic rings. The summed E-state index contributed by atoms with van der Waals surface area (Å²) in [6.07, 6.45) is 5.93. The zero-order valence-electron chi connectivity index (χ0n) is 11.6. The standard InChI is InChI=1S/C15H28N2/c1-12(2)8-16-9-13-7-14(11-16)15-5-3-4-6-17(15)10-13/h12-15H,3-11H2,1-2H3/t13-,14+,15+/m1/s1. The minimum Gasteiger partial charge on any atom is -0.302 e. The predicted octanol–water partition coefficient (Wildman–Crippen LogP) is 2.45. The molecule has 3 aliphatic heterocycles. The van der Waals surface area contributed by atoms with E-state index >= 15 is 0 Å². The number of rotatable bonds is 2. The van der Waals surface area contributed by atoms with Gasteiger partial charge in [0.1, 0.15) is 0 Å². The highest BCUT2D eigenvalue weighted by atomic mass is 15.2. The number of hydrogen-bond acceptors (Lipinski definition) is 2. The summed E-state index contributed by atoms with van der Waals surface area (Å²) in [6, 6.07) is 0.940. The minimum atomic E-state index is 0.830. The number of fused-ring (bicyclic) bond motifs is 4. The molecule has 3 atom stereocenters. The summed E-state index contributed by atoms with van der Waals surface area (Å²) < 4.78 is 0. The van der Waals surface area contributed by atoms with E-state index in [9.17, 15) is 0 Å². The molecule has 2 heteroatoms. The van der Waals surface area contributed by atoms with Crippen molar-refractivity contribution in [3.8, 4) is 0 Å². The number of nitrogens with zero attached hydrogens (tertiary/aromatic N) is 2. The van der Waals surface area contributed by atoms with Gasteiger partial charge in [-0.15, -0.1) is 0 Å². The molecule has 0 radical (unpaired) electrons. The smallest absolute Gasteiger partial charge is 0.0136 e. The first kappa shape index (κ1) is 12.0. The Bertz CT molecular complexity index is 264. The van der Waals surface area contributed by atoms with E-state index in [1.807, 2.05) is 0 Å². The first-order chi connectivity index (χ1) is 8.22. The van der Waals surface area contributed by atoms with E-state index in [0.29, 0.717) is 0 Å². The van der Waals surface area contributed by atoms with Gasteiger partial charge >= 0.3 is 0 Å². The van der Waals surface area contributed by atoms with E-state index in [1.165, 1.54) is 58.4 Å². The van der Waals surface area contributed by atoms with Gasteiger partial charge in [-0.25, -0.2) is 0 Å². The van der Waals surface area contributed by atoms with Crippen molar-refractivity contribution in [3.63, 3.8) is 0 Å². The van der Waals surface area contributed by atoms with Gasteiger partial charge in [-0.05, 0) is 43.6 Å². The molecule has 0 aliphatic carbocycles. The van der Waals surface area contributed by atoms with Gasteiger partial charge in [0.05, 0.1) is 0 Å². The second-order valence-electron chi connectivity index (χ2n) is 7.03. The average Bonchev–Trinajstić information content (AvgIpc) is 2.27. The van der Waals surface area contributed by atoms with Crippen molar-refractivity contribution >= 4 is 0 Å². The van der Waals surface area contributed by atoms with Crippen molar-refractivity contribution in [2.24, 2.45) is 17.8 Å². The molecule has 0 saturated carbocycles. The summed E-state index contributed by atoms with van der Waals surface area (Å²) >= 11 is 0. The highest BCUT2D eigenvalue weighted by Gasteiger charge is 2.41. The van der Waals surface area contributed by atoms with Crippen LogP contribution in [0.5, 0.6) is 0 Å². The van der Waals surface area contributed by atoms with Gasteiger partial charge in [-0.2, -0.15) is 0 Å². The lowest BCUT2D eigenvalue weighted by molar-refractivity contribution is -0.0327. The molecular weight excluding hydrogens is 208 g/mol. The van der Waals surface area contributed by atoms with E-state index in [0.717, 1.165) is 23.8 Å². The highest BCUT2D eigenvalue weighted by Crippen LogP contribution is 2.37. The number of hydrogen-bond donors (Lipinski definition) is 0. The van der Waals surface area contributed by atoms with Crippen LogP contribution in [0, 0.1) is 17.8 Å². The third-order valence-electron chi connectivity index (χ3n) is 4.97. The molecule has 17 heavy (non-hydrogen) atoms. The number of likely N-dealkylation sites (tertiary alicyclic amines) is 1. The summed E-state index contributed by atoms with van der Waals surface area (Å²) in [6.45, 7) is 11.6. The fourth-order valence-corrected chi connectivity index (χ4v) is 4.53. The van der Waals surface area contributed by atoms with Crippen LogP contribution in [0.3, 0.4) is 0 Å². The van der Waals surface area contributed by atoms with E-state index in [4.69, 9.17) is 0 Å². The SMILES string of the molecule is CC(C)CN1C[C@H]2C[C@@H](C1)[C@@H]1CCCCN1C2. The molecule has 98 valence electrons. The molecule has 3 aliphatic rings. The average molecular weight is 236 g/mol. The molecule has 0 aromatic carbocycles. The van der Waals surface area contributed by atoms with Crippen LogP contribution in [-0.4, -0.2) is 48.6 Å². The second kappa shape index (κ2) is 4.89. The predicted molar refractivity (Wildman–Crippen MR) is 72.1 cm³/mol. The first-order valence-corrected chi connectivity index (χ1v) is 7.69. The fourth-order valence-electron chi connectivity index (χ4n) is 4.53. The zero-order valence-corrected chi connectivity index (χ0v) is 11.6. The topological polar surface area (TPSA) is 6.48 Å². The molecule has 0 spiro atoms. The van der Waals surface area contributed by atoms with E-state index in [2.05, 4.69) is 23.6 Å². The fraction of sp³-hybridized carbons (Fsp3) is 1.00. The Morgan fingerprint density at radius 2 is 2.00 bits per heavy atom. The van der Waals surface area contributed by atoms with Crippen LogP contribution in [0.4, 0.5) is 0 Å². The molecule has 0 aromatic heterocycles. The Balaban J connectivity index is 1.66. The Morgan fingerprint density at radius 3 is 2.82 bits per heavy atom. The molecule has 0 unspecified atom stereocenters. The van der Waals surface area contributed by atoms with Gasteiger partial charge in [0.2, 0.25) is 0 Å². The normalized spacial score (nSPS) is 39.4. The maximum absolute atomic E-state index is 2.83. The summed E-state index contributed by atoms with van der Waals surface area (Å²) in [7, 11) is 0. The Kier molecular flexibility index (Phi) is 3.45. The quantitative estimate of drug-likeness (QED) is 0.726. The Hall–Kier alpha value is -0.0800. The third-order valence-corrected chi connectivity index (χ3v) is 4.97. The van der Waals surface area contributed by atoms with E-state index < -0.39 is 0 Å². The van der Waals surface area contributed by atoms with Crippen LogP contribution >= 0.6 is 0 Å². The van der Waals surface area contributed by atoms with Crippen molar-refractivity contribution in [2.45, 2.75) is 45.6 Å². The van der Waals surface area contributed by atoms with Gasteiger partial charge in [0, 0.05) is 32.2 Å². The van der Waals surface area contributed by atoms with Crippen molar-refractivity contribution in [2.75, 3.05) is 32.7 Å². The molecule has 3 fully saturated rings. The lowest BCUT2D eigenvalue weighted by Gasteiger charge is -2.52. The van der Waals surface area contributed by atoms with Crippen molar-refractivity contribution in [3.05, 3.63) is 0 Å². The van der Waals surface area contributed by atoms with Gasteiger partial charge in [0.15, 0.2) is 0 Å². The largest absolute Gasteiger partial charge is 0.302 e. The van der Waals surface area contributed by atoms with Gasteiger partial charge in [-0.3, -0.25) is 4.90 Å².